The third-order valence-corrected chi connectivity index (χ3v) is 3.79. The van der Waals surface area contributed by atoms with Crippen molar-refractivity contribution < 1.29 is 0 Å². The summed E-state index contributed by atoms with van der Waals surface area (Å²) in [5.74, 6) is 0.637. The minimum absolute atomic E-state index is 0.563. The number of hydrogen-bond donors (Lipinski definition) is 1. The summed E-state index contributed by atoms with van der Waals surface area (Å²) >= 11 is 1.82. The van der Waals surface area contributed by atoms with E-state index in [1.807, 2.05) is 11.3 Å². The number of aromatic nitrogens is 1. The molecule has 1 N–H and O–H groups in total. The Morgan fingerprint density at radius 2 is 2.00 bits per heavy atom. The van der Waals surface area contributed by atoms with E-state index in [1.54, 1.807) is 0 Å². The molecule has 1 aromatic heterocycles. The number of rotatable bonds is 5. The Kier molecular flexibility index (Phi) is 4.13. The lowest BCUT2D eigenvalue weighted by molar-refractivity contribution is 0.475. The third-order valence-electron chi connectivity index (χ3n) is 2.74. The fraction of sp³-hybridized carbons (Fsp3) is 0.500. The summed E-state index contributed by atoms with van der Waals surface area (Å²) in [6.45, 7) is 7.71. The molecule has 1 aromatic carbocycles. The third kappa shape index (κ3) is 3.51. The van der Waals surface area contributed by atoms with Gasteiger partial charge in [0.25, 0.3) is 0 Å². The molecule has 0 saturated carbocycles. The smallest absolute Gasteiger partial charge is 0.0941 e. The molecule has 1 unspecified atom stereocenters. The molecule has 1 heterocycles. The van der Waals surface area contributed by atoms with E-state index in [2.05, 4.69) is 55.3 Å². The lowest BCUT2D eigenvalue weighted by atomic mass is 10.1. The summed E-state index contributed by atoms with van der Waals surface area (Å²) in [6, 6.07) is 8.93. The van der Waals surface area contributed by atoms with Crippen LogP contribution in [-0.2, 0) is 6.42 Å². The highest BCUT2D eigenvalue weighted by Gasteiger charge is 2.08. The van der Waals surface area contributed by atoms with Crippen LogP contribution >= 0.6 is 11.3 Å². The molecule has 0 aliphatic heterocycles. The molecule has 3 heteroatoms. The van der Waals surface area contributed by atoms with Crippen molar-refractivity contribution in [1.29, 1.82) is 0 Å². The van der Waals surface area contributed by atoms with Gasteiger partial charge in [0.1, 0.15) is 0 Å². The Bertz CT molecular complexity index is 443. The summed E-state index contributed by atoms with van der Waals surface area (Å²) in [6.07, 6.45) is 1.07. The lowest BCUT2D eigenvalue weighted by Gasteiger charge is -2.13. The van der Waals surface area contributed by atoms with Crippen LogP contribution in [0.3, 0.4) is 0 Å². The first-order valence-electron chi connectivity index (χ1n) is 6.23. The van der Waals surface area contributed by atoms with Gasteiger partial charge in [-0.05, 0) is 24.6 Å². The van der Waals surface area contributed by atoms with Gasteiger partial charge in [0.05, 0.1) is 15.2 Å². The molecule has 92 valence electrons. The van der Waals surface area contributed by atoms with Gasteiger partial charge in [0.15, 0.2) is 0 Å². The molecular weight excluding hydrogens is 228 g/mol. The Hall–Kier alpha value is -0.930. The van der Waals surface area contributed by atoms with Gasteiger partial charge in [0, 0.05) is 12.5 Å². The van der Waals surface area contributed by atoms with Crippen LogP contribution in [0.4, 0.5) is 0 Å². The summed E-state index contributed by atoms with van der Waals surface area (Å²) in [5.41, 5.74) is 1.14. The van der Waals surface area contributed by atoms with Crippen molar-refractivity contribution in [2.24, 2.45) is 5.92 Å². The predicted molar refractivity (Wildman–Crippen MR) is 75.6 cm³/mol. The Morgan fingerprint density at radius 1 is 1.24 bits per heavy atom. The summed E-state index contributed by atoms with van der Waals surface area (Å²) < 4.78 is 1.30. The van der Waals surface area contributed by atoms with Crippen LogP contribution in [0, 0.1) is 5.92 Å². The highest BCUT2D eigenvalue weighted by atomic mass is 32.1. The molecule has 0 radical (unpaired) electrons. The molecule has 0 amide bonds. The van der Waals surface area contributed by atoms with Crippen LogP contribution in [0.5, 0.6) is 0 Å². The fourth-order valence-electron chi connectivity index (χ4n) is 1.81. The second kappa shape index (κ2) is 5.61. The van der Waals surface area contributed by atoms with Gasteiger partial charge in [-0.25, -0.2) is 4.98 Å². The maximum atomic E-state index is 4.67. The Morgan fingerprint density at radius 3 is 2.71 bits per heavy atom. The molecule has 1 atom stereocenters. The maximum absolute atomic E-state index is 4.67. The first-order valence-corrected chi connectivity index (χ1v) is 7.04. The normalized spacial score (nSPS) is 13.4. The van der Waals surface area contributed by atoms with E-state index >= 15 is 0 Å². The van der Waals surface area contributed by atoms with Crippen molar-refractivity contribution in [2.45, 2.75) is 33.2 Å². The van der Waals surface area contributed by atoms with Crippen LogP contribution in [0.1, 0.15) is 25.8 Å². The fourth-order valence-corrected chi connectivity index (χ4v) is 2.94. The standard InChI is InChI=1S/C14H20N2S/c1-10(2)15-9-11(3)8-14-16-12-6-4-5-7-13(12)17-14/h4-7,10-11,15H,8-9H2,1-3H3. The zero-order valence-corrected chi connectivity index (χ0v) is 11.6. The van der Waals surface area contributed by atoms with Crippen molar-refractivity contribution in [3.05, 3.63) is 29.3 Å². The number of nitrogens with zero attached hydrogens (tertiary/aromatic N) is 1. The first-order chi connectivity index (χ1) is 8.15. The SMILES string of the molecule is CC(CNC(C)C)Cc1nc2ccccc2s1. The van der Waals surface area contributed by atoms with E-state index in [4.69, 9.17) is 0 Å². The number of thiazole rings is 1. The van der Waals surface area contributed by atoms with Gasteiger partial charge in [-0.15, -0.1) is 11.3 Å². The van der Waals surface area contributed by atoms with Crippen LogP contribution in [-0.4, -0.2) is 17.6 Å². The highest BCUT2D eigenvalue weighted by Crippen LogP contribution is 2.23. The second-order valence-electron chi connectivity index (χ2n) is 4.95. The Labute approximate surface area is 107 Å². The molecule has 0 aliphatic carbocycles. The number of hydrogen-bond acceptors (Lipinski definition) is 3. The van der Waals surface area contributed by atoms with Crippen LogP contribution in [0.25, 0.3) is 10.2 Å². The Balaban J connectivity index is 1.98. The van der Waals surface area contributed by atoms with Gasteiger partial charge in [-0.2, -0.15) is 0 Å². The van der Waals surface area contributed by atoms with Gasteiger partial charge in [-0.1, -0.05) is 32.9 Å². The van der Waals surface area contributed by atoms with Gasteiger partial charge < -0.3 is 5.32 Å². The van der Waals surface area contributed by atoms with Crippen molar-refractivity contribution in [2.75, 3.05) is 6.54 Å². The topological polar surface area (TPSA) is 24.9 Å². The van der Waals surface area contributed by atoms with E-state index in [-0.39, 0.29) is 0 Å². The molecule has 17 heavy (non-hydrogen) atoms. The average molecular weight is 248 g/mol. The predicted octanol–water partition coefficient (Wildman–Crippen LogP) is 3.47. The monoisotopic (exact) mass is 248 g/mol. The van der Waals surface area contributed by atoms with Crippen molar-refractivity contribution in [3.63, 3.8) is 0 Å². The van der Waals surface area contributed by atoms with E-state index in [0.717, 1.165) is 18.5 Å². The minimum atomic E-state index is 0.563. The number of nitrogens with one attached hydrogen (secondary N) is 1. The van der Waals surface area contributed by atoms with Crippen molar-refractivity contribution >= 4 is 21.6 Å². The lowest BCUT2D eigenvalue weighted by Crippen LogP contribution is -2.28. The van der Waals surface area contributed by atoms with Gasteiger partial charge >= 0.3 is 0 Å². The largest absolute Gasteiger partial charge is 0.314 e. The molecule has 2 nitrogen and oxygen atoms in total. The van der Waals surface area contributed by atoms with Crippen LogP contribution in [0.15, 0.2) is 24.3 Å². The molecule has 0 saturated heterocycles. The van der Waals surface area contributed by atoms with Crippen LogP contribution in [0.2, 0.25) is 0 Å². The second-order valence-corrected chi connectivity index (χ2v) is 6.06. The molecule has 2 aromatic rings. The molecule has 0 spiro atoms. The minimum Gasteiger partial charge on any atom is -0.314 e. The average Bonchev–Trinajstić information content (AvgIpc) is 2.68. The molecular formula is C14H20N2S. The maximum Gasteiger partial charge on any atom is 0.0941 e. The van der Waals surface area contributed by atoms with Crippen LogP contribution < -0.4 is 5.32 Å². The van der Waals surface area contributed by atoms with E-state index in [1.165, 1.54) is 9.71 Å². The van der Waals surface area contributed by atoms with Crippen molar-refractivity contribution in [3.8, 4) is 0 Å². The summed E-state index contributed by atoms with van der Waals surface area (Å²) in [5, 5.41) is 4.73. The van der Waals surface area contributed by atoms with E-state index in [9.17, 15) is 0 Å². The summed E-state index contributed by atoms with van der Waals surface area (Å²) in [7, 11) is 0. The molecule has 0 bridgehead atoms. The first kappa shape index (κ1) is 12.5. The zero-order valence-electron chi connectivity index (χ0n) is 10.7. The quantitative estimate of drug-likeness (QED) is 0.876. The highest BCUT2D eigenvalue weighted by molar-refractivity contribution is 7.18. The van der Waals surface area contributed by atoms with Gasteiger partial charge in [0.2, 0.25) is 0 Å². The summed E-state index contributed by atoms with van der Waals surface area (Å²) in [4.78, 5) is 4.67. The molecule has 2 rings (SSSR count). The van der Waals surface area contributed by atoms with E-state index in [0.29, 0.717) is 12.0 Å². The number of benzene rings is 1. The van der Waals surface area contributed by atoms with Crippen molar-refractivity contribution in [1.82, 2.24) is 10.3 Å². The molecule has 0 aliphatic rings. The van der Waals surface area contributed by atoms with Gasteiger partial charge in [-0.3, -0.25) is 0 Å². The van der Waals surface area contributed by atoms with E-state index < -0.39 is 0 Å². The zero-order chi connectivity index (χ0) is 12.3. The number of fused-ring (bicyclic) bond motifs is 1. The number of para-hydroxylation sites is 1. The molecule has 0 fully saturated rings.